The normalized spacial score (nSPS) is 28.1. The molecule has 4 heterocycles. The fourth-order valence-electron chi connectivity index (χ4n) is 3.53. The first-order valence-electron chi connectivity index (χ1n) is 8.85. The molecule has 0 saturated carbocycles. The molecule has 0 bridgehead atoms. The third-order valence-corrected chi connectivity index (χ3v) is 5.11. The lowest BCUT2D eigenvalue weighted by Crippen LogP contribution is -2.41. The van der Waals surface area contributed by atoms with Crippen molar-refractivity contribution in [3.63, 3.8) is 0 Å². The number of aromatic nitrogens is 4. The van der Waals surface area contributed by atoms with E-state index in [9.17, 15) is 13.6 Å². The number of fused-ring (bicyclic) bond motifs is 2. The zero-order valence-corrected chi connectivity index (χ0v) is 17.9. The largest absolute Gasteiger partial charge is 0.362 e. The highest BCUT2D eigenvalue weighted by molar-refractivity contribution is 14.1. The van der Waals surface area contributed by atoms with Crippen LogP contribution in [0.25, 0.3) is 11.2 Å². The number of amides is 1. The number of anilines is 1. The second-order valence-corrected chi connectivity index (χ2v) is 8.03. The van der Waals surface area contributed by atoms with E-state index in [2.05, 4.69) is 25.6 Å². The summed E-state index contributed by atoms with van der Waals surface area (Å²) < 4.78 is 45.0. The zero-order valence-electron chi connectivity index (χ0n) is 15.7. The van der Waals surface area contributed by atoms with Crippen molar-refractivity contribution in [2.75, 3.05) is 18.9 Å². The maximum Gasteiger partial charge on any atom is 0.255 e. The number of hydrogen-bond acceptors (Lipinski definition) is 8. The van der Waals surface area contributed by atoms with Crippen LogP contribution >= 0.6 is 22.6 Å². The van der Waals surface area contributed by atoms with Gasteiger partial charge in [-0.1, -0.05) is 0 Å². The van der Waals surface area contributed by atoms with Crippen molar-refractivity contribution in [1.82, 2.24) is 24.8 Å². The van der Waals surface area contributed by atoms with E-state index in [0.29, 0.717) is 15.0 Å². The van der Waals surface area contributed by atoms with Gasteiger partial charge in [-0.25, -0.2) is 23.7 Å². The summed E-state index contributed by atoms with van der Waals surface area (Å²) in [4.78, 5) is 25.1. The predicted octanol–water partition coefficient (Wildman–Crippen LogP) is 1.27. The van der Waals surface area contributed by atoms with Gasteiger partial charge in [0, 0.05) is 29.6 Å². The van der Waals surface area contributed by atoms with Gasteiger partial charge in [-0.3, -0.25) is 9.36 Å². The predicted molar refractivity (Wildman–Crippen MR) is 104 cm³/mol. The average molecular weight is 524 g/mol. The molecule has 2 aliphatic rings. The van der Waals surface area contributed by atoms with Crippen molar-refractivity contribution < 1.29 is 27.8 Å². The first kappa shape index (κ1) is 20.6. The second kappa shape index (κ2) is 7.52. The number of alkyl halides is 2. The van der Waals surface area contributed by atoms with Gasteiger partial charge in [0.15, 0.2) is 38.9 Å². The van der Waals surface area contributed by atoms with Gasteiger partial charge in [0.25, 0.3) is 12.3 Å². The number of likely N-dealkylation sites (N-methyl/N-ethyl adjacent to an activating group) is 1. The fourth-order valence-corrected chi connectivity index (χ4v) is 4.00. The highest BCUT2D eigenvalue weighted by Crippen LogP contribution is 2.44. The molecule has 0 spiro atoms. The minimum absolute atomic E-state index is 0.194. The van der Waals surface area contributed by atoms with Gasteiger partial charge in [0.2, 0.25) is 0 Å². The standard InChI is InChI=1S/C16H19F2IN6O4/c1-16(2)28-8-9(13(26)20-3)27-14(10(8)29-16)25-5-22-7-11(21-4-6(17)18)23-15(19)24-12(7)25/h5-6,8-10,14H,4H2,1-3H3,(H,20,26)(H,21,23,24)/t8-,9+,10-,14-/m1/s1. The van der Waals surface area contributed by atoms with Crippen molar-refractivity contribution >= 4 is 45.5 Å². The molecule has 2 fully saturated rings. The lowest BCUT2D eigenvalue weighted by atomic mass is 10.1. The first-order chi connectivity index (χ1) is 13.7. The van der Waals surface area contributed by atoms with E-state index in [1.54, 1.807) is 18.4 Å². The van der Waals surface area contributed by atoms with E-state index in [1.807, 2.05) is 22.6 Å². The molecular formula is C16H19F2IN6O4. The molecule has 4 atom stereocenters. The van der Waals surface area contributed by atoms with E-state index < -0.39 is 43.3 Å². The van der Waals surface area contributed by atoms with Gasteiger partial charge in [-0.15, -0.1) is 0 Å². The molecule has 0 unspecified atom stereocenters. The Labute approximate surface area is 177 Å². The molecule has 0 radical (unpaired) electrons. The van der Waals surface area contributed by atoms with Crippen molar-refractivity contribution in [3.8, 4) is 0 Å². The van der Waals surface area contributed by atoms with Crippen LogP contribution in [0, 0.1) is 3.83 Å². The molecule has 2 aromatic heterocycles. The van der Waals surface area contributed by atoms with Crippen LogP contribution in [-0.2, 0) is 19.0 Å². The molecule has 2 N–H and O–H groups in total. The summed E-state index contributed by atoms with van der Waals surface area (Å²) in [7, 11) is 1.51. The average Bonchev–Trinajstić information content (AvgIpc) is 3.29. The van der Waals surface area contributed by atoms with E-state index in [4.69, 9.17) is 14.2 Å². The van der Waals surface area contributed by atoms with E-state index >= 15 is 0 Å². The number of rotatable bonds is 5. The third kappa shape index (κ3) is 3.75. The Morgan fingerprint density at radius 1 is 1.34 bits per heavy atom. The quantitative estimate of drug-likeness (QED) is 0.445. The van der Waals surface area contributed by atoms with Crippen LogP contribution in [0.5, 0.6) is 0 Å². The molecule has 158 valence electrons. The topological polar surface area (TPSA) is 112 Å². The van der Waals surface area contributed by atoms with Gasteiger partial charge >= 0.3 is 0 Å². The van der Waals surface area contributed by atoms with Gasteiger partial charge in [-0.2, -0.15) is 0 Å². The Morgan fingerprint density at radius 2 is 2.07 bits per heavy atom. The fraction of sp³-hybridized carbons (Fsp3) is 0.625. The molecule has 13 heteroatoms. The number of imidazole rings is 1. The number of hydrogen-bond donors (Lipinski definition) is 2. The molecule has 1 amide bonds. The number of carbonyl (C=O) groups excluding carboxylic acids is 1. The third-order valence-electron chi connectivity index (χ3n) is 4.63. The van der Waals surface area contributed by atoms with Crippen LogP contribution < -0.4 is 10.6 Å². The van der Waals surface area contributed by atoms with Crippen molar-refractivity contribution in [3.05, 3.63) is 10.2 Å². The van der Waals surface area contributed by atoms with E-state index in [1.165, 1.54) is 13.4 Å². The molecule has 2 aromatic rings. The van der Waals surface area contributed by atoms with Gasteiger partial charge in [0.05, 0.1) is 12.9 Å². The molecule has 0 aromatic carbocycles. The maximum atomic E-state index is 12.6. The summed E-state index contributed by atoms with van der Waals surface area (Å²) in [5.41, 5.74) is 0.684. The summed E-state index contributed by atoms with van der Waals surface area (Å²) in [6.07, 6.45) is -3.92. The van der Waals surface area contributed by atoms with Crippen LogP contribution in [0.3, 0.4) is 0 Å². The van der Waals surface area contributed by atoms with Crippen LogP contribution in [0.4, 0.5) is 14.6 Å². The molecule has 4 rings (SSSR count). The Kier molecular flexibility index (Phi) is 5.33. The van der Waals surface area contributed by atoms with Gasteiger partial charge < -0.3 is 24.8 Å². The van der Waals surface area contributed by atoms with Crippen molar-refractivity contribution in [2.24, 2.45) is 0 Å². The van der Waals surface area contributed by atoms with E-state index in [0.717, 1.165) is 0 Å². The van der Waals surface area contributed by atoms with Crippen LogP contribution in [0.1, 0.15) is 20.1 Å². The minimum Gasteiger partial charge on any atom is -0.362 e. The molecule has 2 aliphatic heterocycles. The monoisotopic (exact) mass is 524 g/mol. The molecule has 2 saturated heterocycles. The maximum absolute atomic E-state index is 12.6. The smallest absolute Gasteiger partial charge is 0.255 e. The highest BCUT2D eigenvalue weighted by atomic mass is 127. The summed E-state index contributed by atoms with van der Waals surface area (Å²) in [6.45, 7) is 2.95. The lowest BCUT2D eigenvalue weighted by molar-refractivity contribution is -0.197. The Hall–Kier alpha value is -1.71. The summed E-state index contributed by atoms with van der Waals surface area (Å²) >= 11 is 1.89. The molecule has 10 nitrogen and oxygen atoms in total. The molecule has 0 aliphatic carbocycles. The van der Waals surface area contributed by atoms with Crippen LogP contribution in [0.2, 0.25) is 0 Å². The Morgan fingerprint density at radius 3 is 2.76 bits per heavy atom. The number of ether oxygens (including phenoxy) is 3. The number of carbonyl (C=O) groups is 1. The molecular weight excluding hydrogens is 505 g/mol. The minimum atomic E-state index is -2.54. The molecule has 29 heavy (non-hydrogen) atoms. The lowest BCUT2D eigenvalue weighted by Gasteiger charge is -2.24. The number of nitrogens with zero attached hydrogens (tertiary/aromatic N) is 4. The zero-order chi connectivity index (χ0) is 20.9. The summed E-state index contributed by atoms with van der Waals surface area (Å²) in [5, 5.41) is 5.15. The van der Waals surface area contributed by atoms with Gasteiger partial charge in [-0.05, 0) is 13.8 Å². The first-order valence-corrected chi connectivity index (χ1v) is 9.93. The Bertz CT molecular complexity index is 942. The highest BCUT2D eigenvalue weighted by Gasteiger charge is 2.58. The number of nitrogens with one attached hydrogen (secondary N) is 2. The van der Waals surface area contributed by atoms with Crippen molar-refractivity contribution in [2.45, 2.75) is 50.6 Å². The summed E-state index contributed by atoms with van der Waals surface area (Å²) in [5.74, 6) is -1.04. The summed E-state index contributed by atoms with van der Waals surface area (Å²) in [6, 6.07) is 0. The van der Waals surface area contributed by atoms with Gasteiger partial charge in [0.1, 0.15) is 12.2 Å². The van der Waals surface area contributed by atoms with Crippen molar-refractivity contribution in [1.29, 1.82) is 0 Å². The van der Waals surface area contributed by atoms with Crippen LogP contribution in [0.15, 0.2) is 6.33 Å². The number of halogens is 3. The van der Waals surface area contributed by atoms with Crippen LogP contribution in [-0.4, -0.2) is 69.5 Å². The Balaban J connectivity index is 1.73. The SMILES string of the molecule is CNC(=O)[C@H]1O[C@@H](n2cnc3c(NCC(F)F)nc(I)nc32)[C@@H]2OC(C)(C)O[C@@H]21. The second-order valence-electron chi connectivity index (χ2n) is 7.06. The van der Waals surface area contributed by atoms with E-state index in [-0.39, 0.29) is 11.7 Å².